The summed E-state index contributed by atoms with van der Waals surface area (Å²) in [5.74, 6) is 0.975. The van der Waals surface area contributed by atoms with E-state index in [1.54, 1.807) is 0 Å². The Morgan fingerprint density at radius 3 is 2.84 bits per heavy atom. The third kappa shape index (κ3) is 2.28. The molecule has 3 rings (SSSR count). The maximum absolute atomic E-state index is 6.43. The normalized spacial score (nSPS) is 14.9. The lowest BCUT2D eigenvalue weighted by Crippen LogP contribution is -2.13. The van der Waals surface area contributed by atoms with Gasteiger partial charge in [-0.3, -0.25) is 0 Å². The molecule has 1 atom stereocenters. The molecule has 0 aromatic heterocycles. The molecule has 0 saturated carbocycles. The number of rotatable bonds is 2. The highest BCUT2D eigenvalue weighted by atomic mass is 79.9. The maximum Gasteiger partial charge on any atom is 0.127 e. The third-order valence-electron chi connectivity index (χ3n) is 3.57. The topological polar surface area (TPSA) is 35.2 Å². The van der Waals surface area contributed by atoms with E-state index in [1.165, 1.54) is 11.1 Å². The molecule has 19 heavy (non-hydrogen) atoms. The van der Waals surface area contributed by atoms with Crippen molar-refractivity contribution in [3.05, 3.63) is 63.1 Å². The lowest BCUT2D eigenvalue weighted by atomic mass is 9.96. The van der Waals surface area contributed by atoms with Crippen LogP contribution in [0, 0.1) is 6.92 Å². The number of aryl methyl sites for hydroxylation is 1. The van der Waals surface area contributed by atoms with Crippen LogP contribution in [0.1, 0.15) is 28.3 Å². The zero-order valence-electron chi connectivity index (χ0n) is 10.8. The van der Waals surface area contributed by atoms with Crippen molar-refractivity contribution in [2.45, 2.75) is 19.4 Å². The molecule has 0 spiro atoms. The van der Waals surface area contributed by atoms with Crippen LogP contribution in [0.25, 0.3) is 0 Å². The number of halogens is 1. The molecule has 2 aromatic rings. The Labute approximate surface area is 121 Å². The Morgan fingerprint density at radius 1 is 1.21 bits per heavy atom. The van der Waals surface area contributed by atoms with E-state index in [9.17, 15) is 0 Å². The molecular formula is C16H16BrNO. The molecule has 3 heteroatoms. The van der Waals surface area contributed by atoms with Gasteiger partial charge in [-0.25, -0.2) is 0 Å². The highest BCUT2D eigenvalue weighted by Gasteiger charge is 2.21. The van der Waals surface area contributed by atoms with Gasteiger partial charge >= 0.3 is 0 Å². The van der Waals surface area contributed by atoms with Gasteiger partial charge < -0.3 is 10.5 Å². The standard InChI is InChI=1S/C16H16BrNO/c1-10-5-6-12(14(17)9-10)15(18)13-4-2-3-11-7-8-19-16(11)13/h2-6,9,15H,7-8,18H2,1H3. The van der Waals surface area contributed by atoms with Gasteiger partial charge in [0.25, 0.3) is 0 Å². The van der Waals surface area contributed by atoms with Crippen molar-refractivity contribution in [3.8, 4) is 5.75 Å². The SMILES string of the molecule is Cc1ccc(C(N)c2cccc3c2OCC3)c(Br)c1. The molecular weight excluding hydrogens is 302 g/mol. The molecule has 0 aliphatic carbocycles. The van der Waals surface area contributed by atoms with E-state index >= 15 is 0 Å². The number of ether oxygens (including phenoxy) is 1. The average Bonchev–Trinajstić information content (AvgIpc) is 2.86. The average molecular weight is 318 g/mol. The van der Waals surface area contributed by atoms with E-state index in [0.717, 1.165) is 34.4 Å². The summed E-state index contributed by atoms with van der Waals surface area (Å²) in [5.41, 5.74) is 11.1. The Morgan fingerprint density at radius 2 is 2.05 bits per heavy atom. The molecule has 2 N–H and O–H groups in total. The minimum atomic E-state index is -0.164. The summed E-state index contributed by atoms with van der Waals surface area (Å²) in [6.45, 7) is 2.83. The molecule has 1 aliphatic heterocycles. The van der Waals surface area contributed by atoms with Crippen molar-refractivity contribution in [1.82, 2.24) is 0 Å². The quantitative estimate of drug-likeness (QED) is 0.915. The van der Waals surface area contributed by atoms with Gasteiger partial charge in [0, 0.05) is 16.5 Å². The lowest BCUT2D eigenvalue weighted by Gasteiger charge is -2.17. The summed E-state index contributed by atoms with van der Waals surface area (Å²) in [6, 6.07) is 12.3. The van der Waals surface area contributed by atoms with Crippen LogP contribution in [-0.2, 0) is 6.42 Å². The molecule has 0 fully saturated rings. The molecule has 0 saturated heterocycles. The van der Waals surface area contributed by atoms with Crippen molar-refractivity contribution in [2.75, 3.05) is 6.61 Å². The van der Waals surface area contributed by atoms with E-state index in [4.69, 9.17) is 10.5 Å². The first-order valence-electron chi connectivity index (χ1n) is 6.43. The van der Waals surface area contributed by atoms with Crippen LogP contribution < -0.4 is 10.5 Å². The van der Waals surface area contributed by atoms with Gasteiger partial charge in [0.1, 0.15) is 5.75 Å². The van der Waals surface area contributed by atoms with Gasteiger partial charge in [0.15, 0.2) is 0 Å². The number of hydrogen-bond acceptors (Lipinski definition) is 2. The van der Waals surface area contributed by atoms with E-state index in [-0.39, 0.29) is 6.04 Å². The molecule has 0 bridgehead atoms. The van der Waals surface area contributed by atoms with E-state index in [1.807, 2.05) is 0 Å². The summed E-state index contributed by atoms with van der Waals surface area (Å²) in [6.07, 6.45) is 0.977. The Balaban J connectivity index is 2.05. The largest absolute Gasteiger partial charge is 0.493 e. The van der Waals surface area contributed by atoms with Crippen molar-refractivity contribution in [3.63, 3.8) is 0 Å². The summed E-state index contributed by atoms with van der Waals surface area (Å²) in [7, 11) is 0. The molecule has 0 amide bonds. The first-order valence-corrected chi connectivity index (χ1v) is 7.22. The van der Waals surface area contributed by atoms with Crippen LogP contribution in [0.2, 0.25) is 0 Å². The zero-order valence-corrected chi connectivity index (χ0v) is 12.4. The fourth-order valence-electron chi connectivity index (χ4n) is 2.54. The van der Waals surface area contributed by atoms with Crippen molar-refractivity contribution in [1.29, 1.82) is 0 Å². The third-order valence-corrected chi connectivity index (χ3v) is 4.26. The number of fused-ring (bicyclic) bond motifs is 1. The highest BCUT2D eigenvalue weighted by Crippen LogP contribution is 2.37. The maximum atomic E-state index is 6.43. The molecule has 1 unspecified atom stereocenters. The first-order chi connectivity index (χ1) is 9.16. The predicted molar refractivity (Wildman–Crippen MR) is 80.6 cm³/mol. The summed E-state index contributed by atoms with van der Waals surface area (Å²) >= 11 is 3.60. The molecule has 2 nitrogen and oxygen atoms in total. The minimum Gasteiger partial charge on any atom is -0.493 e. The number of hydrogen-bond donors (Lipinski definition) is 1. The van der Waals surface area contributed by atoms with Crippen LogP contribution in [0.15, 0.2) is 40.9 Å². The number of para-hydroxylation sites is 1. The van der Waals surface area contributed by atoms with Gasteiger partial charge in [-0.05, 0) is 29.7 Å². The first kappa shape index (κ1) is 12.7. The van der Waals surface area contributed by atoms with E-state index < -0.39 is 0 Å². The molecule has 98 valence electrons. The fraction of sp³-hybridized carbons (Fsp3) is 0.250. The van der Waals surface area contributed by atoms with Crippen LogP contribution in [0.4, 0.5) is 0 Å². The van der Waals surface area contributed by atoms with Crippen molar-refractivity contribution < 1.29 is 4.74 Å². The van der Waals surface area contributed by atoms with Gasteiger partial charge in [-0.1, -0.05) is 46.3 Å². The fourth-order valence-corrected chi connectivity index (χ4v) is 3.28. The van der Waals surface area contributed by atoms with Gasteiger partial charge in [-0.2, -0.15) is 0 Å². The number of benzene rings is 2. The Kier molecular flexibility index (Phi) is 3.33. The van der Waals surface area contributed by atoms with Crippen molar-refractivity contribution >= 4 is 15.9 Å². The van der Waals surface area contributed by atoms with Gasteiger partial charge in [-0.15, -0.1) is 0 Å². The second-order valence-electron chi connectivity index (χ2n) is 4.94. The van der Waals surface area contributed by atoms with E-state index in [0.29, 0.717) is 0 Å². The van der Waals surface area contributed by atoms with Crippen LogP contribution in [0.5, 0.6) is 5.75 Å². The number of nitrogens with two attached hydrogens (primary N) is 1. The summed E-state index contributed by atoms with van der Waals surface area (Å²) in [4.78, 5) is 0. The molecule has 1 heterocycles. The van der Waals surface area contributed by atoms with E-state index in [2.05, 4.69) is 59.3 Å². The monoisotopic (exact) mass is 317 g/mol. The molecule has 2 aromatic carbocycles. The summed E-state index contributed by atoms with van der Waals surface area (Å²) < 4.78 is 6.79. The smallest absolute Gasteiger partial charge is 0.127 e. The molecule has 1 aliphatic rings. The minimum absolute atomic E-state index is 0.164. The Hall–Kier alpha value is -1.32. The lowest BCUT2D eigenvalue weighted by molar-refractivity contribution is 0.352. The highest BCUT2D eigenvalue weighted by molar-refractivity contribution is 9.10. The van der Waals surface area contributed by atoms with Gasteiger partial charge in [0.2, 0.25) is 0 Å². The Bertz CT molecular complexity index is 624. The van der Waals surface area contributed by atoms with Crippen LogP contribution in [0.3, 0.4) is 0 Å². The second-order valence-corrected chi connectivity index (χ2v) is 5.79. The van der Waals surface area contributed by atoms with Gasteiger partial charge in [0.05, 0.1) is 12.6 Å². The summed E-state index contributed by atoms with van der Waals surface area (Å²) in [5, 5.41) is 0. The molecule has 0 radical (unpaired) electrons. The van der Waals surface area contributed by atoms with Crippen molar-refractivity contribution in [2.24, 2.45) is 5.73 Å². The zero-order chi connectivity index (χ0) is 13.4. The van der Waals surface area contributed by atoms with Crippen LogP contribution >= 0.6 is 15.9 Å². The second kappa shape index (κ2) is 4.99. The van der Waals surface area contributed by atoms with Crippen LogP contribution in [-0.4, -0.2) is 6.61 Å². The predicted octanol–water partition coefficient (Wildman–Crippen LogP) is 3.74.